The van der Waals surface area contributed by atoms with Crippen LogP contribution in [-0.2, 0) is 9.47 Å². The normalized spacial score (nSPS) is 21.4. The molecule has 0 atom stereocenters. The average Bonchev–Trinajstić information content (AvgIpc) is 2.90. The first kappa shape index (κ1) is 13.4. The fourth-order valence-corrected chi connectivity index (χ4v) is 2.87. The molecule has 1 spiro atoms. The highest BCUT2D eigenvalue weighted by molar-refractivity contribution is 5.99. The molecule has 2 saturated heterocycles. The van der Waals surface area contributed by atoms with E-state index in [1.54, 1.807) is 6.07 Å². The highest BCUT2D eigenvalue weighted by atomic mass is 16.7. The summed E-state index contributed by atoms with van der Waals surface area (Å²) < 4.78 is 11.3. The van der Waals surface area contributed by atoms with Crippen LogP contribution in [0.25, 0.3) is 0 Å². The van der Waals surface area contributed by atoms with Crippen LogP contribution in [0.2, 0.25) is 0 Å². The van der Waals surface area contributed by atoms with Crippen molar-refractivity contribution in [2.24, 2.45) is 0 Å². The fourth-order valence-electron chi connectivity index (χ4n) is 2.87. The van der Waals surface area contributed by atoms with Crippen molar-refractivity contribution in [2.75, 3.05) is 32.0 Å². The summed E-state index contributed by atoms with van der Waals surface area (Å²) in [4.78, 5) is 14.4. The minimum atomic E-state index is -0.449. The molecule has 0 bridgehead atoms. The SMILES string of the molecule is Cc1cccc(C(=O)N2CCC3(CC2)OCCO3)c1N. The van der Waals surface area contributed by atoms with Crippen LogP contribution in [0.3, 0.4) is 0 Å². The lowest BCUT2D eigenvalue weighted by Gasteiger charge is -2.37. The molecule has 2 aliphatic rings. The molecule has 5 heteroatoms. The van der Waals surface area contributed by atoms with Crippen molar-refractivity contribution in [1.82, 2.24) is 4.90 Å². The quantitative estimate of drug-likeness (QED) is 0.791. The van der Waals surface area contributed by atoms with Gasteiger partial charge in [0.1, 0.15) is 0 Å². The molecule has 0 radical (unpaired) electrons. The standard InChI is InChI=1S/C15H20N2O3/c1-11-3-2-4-12(13(11)16)14(18)17-7-5-15(6-8-17)19-9-10-20-15/h2-4H,5-10,16H2,1H3. The fraction of sp³-hybridized carbons (Fsp3) is 0.533. The van der Waals surface area contributed by atoms with Gasteiger partial charge in [-0.15, -0.1) is 0 Å². The zero-order chi connectivity index (χ0) is 14.2. The molecule has 0 unspecified atom stereocenters. The Morgan fingerprint density at radius 3 is 2.55 bits per heavy atom. The summed E-state index contributed by atoms with van der Waals surface area (Å²) >= 11 is 0. The van der Waals surface area contributed by atoms with E-state index in [1.165, 1.54) is 0 Å². The lowest BCUT2D eigenvalue weighted by atomic mass is 10.0. The number of hydrogen-bond donors (Lipinski definition) is 1. The van der Waals surface area contributed by atoms with Crippen LogP contribution < -0.4 is 5.73 Å². The van der Waals surface area contributed by atoms with E-state index in [9.17, 15) is 4.79 Å². The van der Waals surface area contributed by atoms with Crippen LogP contribution >= 0.6 is 0 Å². The van der Waals surface area contributed by atoms with E-state index in [2.05, 4.69) is 0 Å². The second-order valence-electron chi connectivity index (χ2n) is 5.44. The number of amides is 1. The molecule has 3 rings (SSSR count). The Hall–Kier alpha value is -1.59. The number of aryl methyl sites for hydroxylation is 1. The van der Waals surface area contributed by atoms with Crippen LogP contribution in [0.4, 0.5) is 5.69 Å². The molecule has 2 heterocycles. The maximum atomic E-state index is 12.5. The minimum absolute atomic E-state index is 0.000882. The maximum Gasteiger partial charge on any atom is 0.255 e. The third-order valence-corrected chi connectivity index (χ3v) is 4.18. The second kappa shape index (κ2) is 5.07. The Bertz CT molecular complexity index is 514. The van der Waals surface area contributed by atoms with Gasteiger partial charge in [-0.1, -0.05) is 12.1 Å². The number of hydrogen-bond acceptors (Lipinski definition) is 4. The summed E-state index contributed by atoms with van der Waals surface area (Å²) in [6.07, 6.45) is 1.45. The van der Waals surface area contributed by atoms with Crippen molar-refractivity contribution in [1.29, 1.82) is 0 Å². The van der Waals surface area contributed by atoms with Gasteiger partial charge in [-0.05, 0) is 18.6 Å². The lowest BCUT2D eigenvalue weighted by Crippen LogP contribution is -2.47. The number of ether oxygens (including phenoxy) is 2. The van der Waals surface area contributed by atoms with Crippen LogP contribution in [0, 0.1) is 6.92 Å². The monoisotopic (exact) mass is 276 g/mol. The van der Waals surface area contributed by atoms with Crippen LogP contribution in [0.5, 0.6) is 0 Å². The number of benzene rings is 1. The summed E-state index contributed by atoms with van der Waals surface area (Å²) in [5.74, 6) is -0.450. The Morgan fingerprint density at radius 1 is 1.25 bits per heavy atom. The molecule has 2 aliphatic heterocycles. The van der Waals surface area contributed by atoms with Gasteiger partial charge in [-0.25, -0.2) is 0 Å². The van der Waals surface area contributed by atoms with E-state index in [4.69, 9.17) is 15.2 Å². The van der Waals surface area contributed by atoms with E-state index in [1.807, 2.05) is 24.0 Å². The number of carbonyl (C=O) groups is 1. The first-order valence-corrected chi connectivity index (χ1v) is 7.04. The summed E-state index contributed by atoms with van der Waals surface area (Å²) in [5, 5.41) is 0. The lowest BCUT2D eigenvalue weighted by molar-refractivity contribution is -0.181. The van der Waals surface area contributed by atoms with Crippen molar-refractivity contribution in [3.8, 4) is 0 Å². The van der Waals surface area contributed by atoms with Crippen molar-refractivity contribution in [2.45, 2.75) is 25.6 Å². The third-order valence-electron chi connectivity index (χ3n) is 4.18. The Labute approximate surface area is 118 Å². The molecular weight excluding hydrogens is 256 g/mol. The zero-order valence-electron chi connectivity index (χ0n) is 11.7. The maximum absolute atomic E-state index is 12.5. The smallest absolute Gasteiger partial charge is 0.255 e. The number of nitrogen functional groups attached to an aromatic ring is 1. The summed E-state index contributed by atoms with van der Waals surface area (Å²) in [6, 6.07) is 5.57. The number of para-hydroxylation sites is 1. The predicted octanol–water partition coefficient (Wildman–Crippen LogP) is 1.56. The van der Waals surface area contributed by atoms with Gasteiger partial charge in [0.25, 0.3) is 5.91 Å². The Kier molecular flexibility index (Phi) is 3.40. The predicted molar refractivity (Wildman–Crippen MR) is 75.4 cm³/mol. The van der Waals surface area contributed by atoms with E-state index < -0.39 is 5.79 Å². The van der Waals surface area contributed by atoms with Gasteiger partial charge >= 0.3 is 0 Å². The highest BCUT2D eigenvalue weighted by Gasteiger charge is 2.41. The molecule has 0 aliphatic carbocycles. The number of piperidine rings is 1. The molecule has 2 N–H and O–H groups in total. The van der Waals surface area contributed by atoms with Crippen LogP contribution in [0.15, 0.2) is 18.2 Å². The second-order valence-corrected chi connectivity index (χ2v) is 5.44. The van der Waals surface area contributed by atoms with Crippen LogP contribution in [-0.4, -0.2) is 42.9 Å². The average molecular weight is 276 g/mol. The topological polar surface area (TPSA) is 64.8 Å². The van der Waals surface area contributed by atoms with Gasteiger partial charge in [-0.2, -0.15) is 0 Å². The molecule has 1 amide bonds. The van der Waals surface area contributed by atoms with E-state index >= 15 is 0 Å². The first-order valence-electron chi connectivity index (χ1n) is 7.04. The molecular formula is C15H20N2O3. The summed E-state index contributed by atoms with van der Waals surface area (Å²) in [5.41, 5.74) is 8.11. The van der Waals surface area contributed by atoms with E-state index in [-0.39, 0.29) is 5.91 Å². The third kappa shape index (κ3) is 2.27. The van der Waals surface area contributed by atoms with Gasteiger partial charge in [0.15, 0.2) is 5.79 Å². The zero-order valence-corrected chi connectivity index (χ0v) is 11.7. The van der Waals surface area contributed by atoms with Gasteiger partial charge < -0.3 is 20.1 Å². The van der Waals surface area contributed by atoms with Crippen molar-refractivity contribution in [3.05, 3.63) is 29.3 Å². The summed E-state index contributed by atoms with van der Waals surface area (Å²) in [7, 11) is 0. The number of anilines is 1. The van der Waals surface area contributed by atoms with Crippen molar-refractivity contribution < 1.29 is 14.3 Å². The van der Waals surface area contributed by atoms with Crippen molar-refractivity contribution >= 4 is 11.6 Å². The number of likely N-dealkylation sites (tertiary alicyclic amines) is 1. The molecule has 20 heavy (non-hydrogen) atoms. The van der Waals surface area contributed by atoms with Gasteiger partial charge in [0, 0.05) is 31.6 Å². The molecule has 5 nitrogen and oxygen atoms in total. The largest absolute Gasteiger partial charge is 0.398 e. The minimum Gasteiger partial charge on any atom is -0.398 e. The van der Waals surface area contributed by atoms with Crippen molar-refractivity contribution in [3.63, 3.8) is 0 Å². The van der Waals surface area contributed by atoms with E-state index in [0.29, 0.717) is 37.6 Å². The molecule has 1 aromatic carbocycles. The number of rotatable bonds is 1. The molecule has 1 aromatic rings. The molecule has 108 valence electrons. The summed E-state index contributed by atoms with van der Waals surface area (Å²) in [6.45, 7) is 4.51. The van der Waals surface area contributed by atoms with Crippen LogP contribution in [0.1, 0.15) is 28.8 Å². The first-order chi connectivity index (χ1) is 9.61. The Morgan fingerprint density at radius 2 is 1.90 bits per heavy atom. The highest BCUT2D eigenvalue weighted by Crippen LogP contribution is 2.32. The van der Waals surface area contributed by atoms with Gasteiger partial charge in [-0.3, -0.25) is 4.79 Å². The number of nitrogens with zero attached hydrogens (tertiary/aromatic N) is 1. The molecule has 0 aromatic heterocycles. The van der Waals surface area contributed by atoms with E-state index in [0.717, 1.165) is 18.4 Å². The Balaban J connectivity index is 1.71. The molecule has 2 fully saturated rings. The number of nitrogens with two attached hydrogens (primary N) is 1. The number of carbonyl (C=O) groups excluding carboxylic acids is 1. The van der Waals surface area contributed by atoms with Gasteiger partial charge in [0.2, 0.25) is 0 Å². The van der Waals surface area contributed by atoms with Gasteiger partial charge in [0.05, 0.1) is 18.8 Å². The molecule has 0 saturated carbocycles.